The average Bonchev–Trinajstić information content (AvgIpc) is 1.57. The van der Waals surface area contributed by atoms with E-state index in [1.165, 1.54) is 101 Å². The molecule has 32 nitrogen and oxygen atoms in total. The lowest BCUT2D eigenvalue weighted by Crippen LogP contribution is -2.38. The number of aromatic hydroxyl groups is 1. The van der Waals surface area contributed by atoms with Gasteiger partial charge in [-0.2, -0.15) is 0 Å². The number of Topliss-reactive ketones (excluding diaryl/α,β-unsaturated/α-hetero) is 7. The number of pyridine rings is 8. The molecule has 7 amide bonds. The summed E-state index contributed by atoms with van der Waals surface area (Å²) in [7, 11) is 3.56. The number of benzene rings is 8. The Morgan fingerprint density at radius 2 is 0.503 bits per heavy atom. The minimum Gasteiger partial charge on any atom is -0.505 e. The first kappa shape index (κ1) is 98.2. The van der Waals surface area contributed by atoms with E-state index in [0.29, 0.717) is 61.8 Å². The third-order valence-corrected chi connectivity index (χ3v) is 25.0. The van der Waals surface area contributed by atoms with Crippen LogP contribution in [0.3, 0.4) is 0 Å². The number of hydrogen-bond donors (Lipinski definition) is 1. The molecule has 32 heteroatoms. The largest absolute Gasteiger partial charge is 0.505 e. The van der Waals surface area contributed by atoms with Crippen LogP contribution in [0.2, 0.25) is 0 Å². The number of aromatic nitrogens is 9. The molecule has 0 spiro atoms. The highest BCUT2D eigenvalue weighted by Gasteiger charge is 2.53. The lowest BCUT2D eigenvalue weighted by molar-refractivity contribution is -0.671. The van der Waals surface area contributed by atoms with Gasteiger partial charge in [-0.15, -0.1) is 4.58 Å². The number of hydrogen-bond acceptors (Lipinski definition) is 22. The van der Waals surface area contributed by atoms with Crippen LogP contribution in [0.1, 0.15) is 168 Å². The van der Waals surface area contributed by atoms with Crippen molar-refractivity contribution in [2.75, 3.05) is 29.4 Å². The lowest BCUT2D eigenvalue weighted by atomic mass is 10.1. The number of ketones is 7. The quantitative estimate of drug-likeness (QED) is 0.0796. The number of aryl methyl sites for hydroxylation is 2. The van der Waals surface area contributed by atoms with Gasteiger partial charge in [-0.1, -0.05) is 104 Å². The molecule has 724 valence electrons. The third-order valence-electron chi connectivity index (χ3n) is 25.0. The molecule has 8 aromatic carbocycles. The first-order chi connectivity index (χ1) is 71.1. The molecule has 0 fully saturated rings. The van der Waals surface area contributed by atoms with Crippen LogP contribution in [0.25, 0.3) is 10.9 Å². The highest BCUT2D eigenvalue weighted by Crippen LogP contribution is 2.49. The topological polar surface area (TPSA) is 389 Å². The Bertz CT molecular complexity index is 8340. The Morgan fingerprint density at radius 1 is 0.262 bits per heavy atom. The molecule has 0 unspecified atom stereocenters. The molecule has 9 aromatic heterocycles. The SMILES string of the molecule is C.C[n+]1cccc(C(=O)N2/C(=C3\C(=O)c4ccccc4N3C(=O)c3cccnc3)C(=O)c3ccccc32)c1.C[n+]1cccc(C(=O)N2/C(=C3\C(=O)c4ccccc4N3C(=O)c3cccnc3)C(=O)c3ccccc32)c1.O=C1/C(=C2/C(=O)c3ccccc3N2C(=O)c2cccnc2)N(C(=O)c2cccnc2)c2ccccc21.O=C1C(c2c(O)c3ccccc3n2C(=O)c2cccnc2)=[N+](C(=O)c2cccnc2)c2ccccc21.[CH3-].[CH3-]. The van der Waals surface area contributed by atoms with Crippen molar-refractivity contribution in [3.05, 3.63) is 529 Å². The van der Waals surface area contributed by atoms with Gasteiger partial charge in [0, 0.05) is 131 Å². The Hall–Kier alpha value is -21.0. The van der Waals surface area contributed by atoms with Crippen LogP contribution in [-0.2, 0) is 14.1 Å². The van der Waals surface area contributed by atoms with Gasteiger partial charge in [0.25, 0.3) is 52.8 Å². The van der Waals surface area contributed by atoms with E-state index >= 15 is 0 Å². The Labute approximate surface area is 849 Å². The van der Waals surface area contributed by atoms with Gasteiger partial charge in [0.1, 0.15) is 70.5 Å². The molecule has 24 rings (SSSR count). The predicted octanol–water partition coefficient (Wildman–Crippen LogP) is 16.6. The van der Waals surface area contributed by atoms with Gasteiger partial charge in [-0.25, -0.2) is 13.9 Å². The summed E-state index contributed by atoms with van der Waals surface area (Å²) in [5.41, 5.74) is 5.59. The number of amides is 7. The van der Waals surface area contributed by atoms with Crippen molar-refractivity contribution in [2.24, 2.45) is 14.1 Å². The molecule has 0 saturated heterocycles. The van der Waals surface area contributed by atoms with Crippen molar-refractivity contribution >= 4 is 144 Å². The first-order valence-corrected chi connectivity index (χ1v) is 45.2. The van der Waals surface area contributed by atoms with Crippen molar-refractivity contribution in [2.45, 2.75) is 7.43 Å². The first-order valence-electron chi connectivity index (χ1n) is 45.2. The zero-order valence-corrected chi connectivity index (χ0v) is 78.7. The minimum absolute atomic E-state index is 0. The summed E-state index contributed by atoms with van der Waals surface area (Å²) in [6.07, 6.45) is 24.5. The van der Waals surface area contributed by atoms with Crippen LogP contribution in [0.15, 0.2) is 425 Å². The minimum atomic E-state index is -0.540. The second kappa shape index (κ2) is 40.6. The van der Waals surface area contributed by atoms with Crippen molar-refractivity contribution in [1.29, 1.82) is 0 Å². The van der Waals surface area contributed by atoms with E-state index in [0.717, 1.165) is 0 Å². The number of allylic oxidation sites excluding steroid dienone is 6. The average molecular weight is 1970 g/mol. The van der Waals surface area contributed by atoms with Crippen LogP contribution in [0.5, 0.6) is 5.75 Å². The number of anilines is 6. The standard InChI is InChI=1S/2C29H19N4O4.2C28H16N4O4.CH4.2CH3/c2*1-31-15-7-9-19(17-31)29(37)33-23-13-5-3-11-21(23)27(35)25(33)24-26(34)20-10-2-4-12-22(20)32(24)28(36)18-8-6-14-30-16-18;2*33-25-19-9-1-3-11-21(19)31(27(35)17-7-5-13-29-15-17)23(25)24-26(34)20-10-2-4-12-22(20)32(24)28(36)18-8-6-14-30-16-18;;;/h2*2-17H,1H3;2*1-16H;1H4;2*1H3/q2*+1;;;;2*-1/p+1/b2*25-24+;24-23+;;;;. The van der Waals surface area contributed by atoms with E-state index in [1.807, 2.05) is 0 Å². The van der Waals surface area contributed by atoms with Crippen LogP contribution in [0.4, 0.5) is 39.8 Å². The van der Waals surface area contributed by atoms with Gasteiger partial charge in [-0.3, -0.25) is 131 Å². The van der Waals surface area contributed by atoms with Crippen molar-refractivity contribution in [3.63, 3.8) is 0 Å². The predicted molar refractivity (Wildman–Crippen MR) is 549 cm³/mol. The molecule has 0 radical (unpaired) electrons. The summed E-state index contributed by atoms with van der Waals surface area (Å²) in [6, 6.07) is 79.2. The Balaban J connectivity index is 0.000000129. The van der Waals surface area contributed by atoms with E-state index in [1.54, 1.807) is 352 Å². The summed E-state index contributed by atoms with van der Waals surface area (Å²) in [6.45, 7) is 0. The molecular weight excluding hydrogens is 1890 g/mol. The molecule has 0 bridgehead atoms. The smallest absolute Gasteiger partial charge is 0.427 e. The van der Waals surface area contributed by atoms with Crippen molar-refractivity contribution in [1.82, 2.24) is 34.5 Å². The highest BCUT2D eigenvalue weighted by atomic mass is 16.3. The second-order valence-corrected chi connectivity index (χ2v) is 33.7. The molecule has 7 aliphatic heterocycles. The normalized spacial score (nSPS) is 15.0. The molecule has 17 aromatic rings. The van der Waals surface area contributed by atoms with Crippen molar-refractivity contribution < 1.29 is 90.7 Å². The Kier molecular flexibility index (Phi) is 26.7. The number of rotatable bonds is 9. The maximum Gasteiger partial charge on any atom is 0.427 e. The number of carbonyl (C=O) groups excluding carboxylic acids is 15. The molecule has 0 atom stereocenters. The van der Waals surface area contributed by atoms with Crippen LogP contribution >= 0.6 is 0 Å². The molecule has 16 heterocycles. The second-order valence-electron chi connectivity index (χ2n) is 33.7. The third kappa shape index (κ3) is 16.9. The van der Waals surface area contributed by atoms with Gasteiger partial charge in [-0.05, 0) is 176 Å². The van der Waals surface area contributed by atoms with Gasteiger partial charge >= 0.3 is 5.91 Å². The van der Waals surface area contributed by atoms with Gasteiger partial charge in [0.05, 0.1) is 67.5 Å². The summed E-state index contributed by atoms with van der Waals surface area (Å²) in [5, 5.41) is 11.8. The molecule has 1 N–H and O–H groups in total. The molecular formula is C117H81N16O16+. The van der Waals surface area contributed by atoms with E-state index in [4.69, 9.17) is 0 Å². The van der Waals surface area contributed by atoms with E-state index < -0.39 is 87.7 Å². The molecule has 149 heavy (non-hydrogen) atoms. The highest BCUT2D eigenvalue weighted by molar-refractivity contribution is 6.54. The van der Waals surface area contributed by atoms with Crippen LogP contribution in [-0.4, -0.2) is 138 Å². The number of carbonyl (C=O) groups is 15. The fourth-order valence-electron chi connectivity index (χ4n) is 18.5. The van der Waals surface area contributed by atoms with Crippen LogP contribution in [0, 0.1) is 14.9 Å². The van der Waals surface area contributed by atoms with E-state index in [9.17, 15) is 77.0 Å². The molecule has 7 aliphatic rings. The zero-order valence-electron chi connectivity index (χ0n) is 78.7. The fourth-order valence-corrected chi connectivity index (χ4v) is 18.5. The maximum absolute atomic E-state index is 13.9. The summed E-state index contributed by atoms with van der Waals surface area (Å²) in [4.78, 5) is 238. The molecule has 0 saturated carbocycles. The molecule has 0 aliphatic carbocycles. The Morgan fingerprint density at radius 3 is 0.785 bits per heavy atom. The number of nitrogens with zero attached hydrogens (tertiary/aromatic N) is 16. The maximum atomic E-state index is 13.9. The zero-order chi connectivity index (χ0) is 101. The summed E-state index contributed by atoms with van der Waals surface area (Å²) >= 11 is 0. The van der Waals surface area contributed by atoms with Gasteiger partial charge < -0.3 is 20.0 Å². The van der Waals surface area contributed by atoms with Crippen LogP contribution < -0.4 is 38.5 Å². The summed E-state index contributed by atoms with van der Waals surface area (Å²) in [5.74, 6) is -8.00. The van der Waals surface area contributed by atoms with Gasteiger partial charge in [0.15, 0.2) is 36.2 Å². The fraction of sp³-hybridized carbons (Fsp3) is 0.0256. The summed E-state index contributed by atoms with van der Waals surface area (Å²) < 4.78 is 5.96. The number of para-hydroxylation sites is 8. The van der Waals surface area contributed by atoms with Crippen molar-refractivity contribution in [3.8, 4) is 5.75 Å². The van der Waals surface area contributed by atoms with E-state index in [2.05, 4.69) is 29.9 Å². The van der Waals surface area contributed by atoms with Gasteiger partial charge in [0.2, 0.25) is 40.4 Å². The monoisotopic (exact) mass is 1970 g/mol. The van der Waals surface area contributed by atoms with E-state index in [-0.39, 0.29) is 146 Å². The number of fused-ring (bicyclic) bond motifs is 8. The lowest BCUT2D eigenvalue weighted by Gasteiger charge is -2.24.